The number of hydrogen-bond donors (Lipinski definition) is 1. The number of carbonyl (C=O) groups is 2. The predicted octanol–water partition coefficient (Wildman–Crippen LogP) is 4.72. The fourth-order valence-corrected chi connectivity index (χ4v) is 4.46. The van der Waals surface area contributed by atoms with Crippen molar-refractivity contribution in [1.82, 2.24) is 4.90 Å². The molecule has 2 aliphatic rings. The van der Waals surface area contributed by atoms with Crippen LogP contribution in [-0.2, 0) is 38.1 Å². The van der Waals surface area contributed by atoms with E-state index in [1.54, 1.807) is 13.0 Å². The van der Waals surface area contributed by atoms with Gasteiger partial charge in [0.15, 0.2) is 20.2 Å². The maximum absolute atomic E-state index is 13.5. The van der Waals surface area contributed by atoms with Crippen LogP contribution in [-0.4, -0.2) is 81.1 Å². The van der Waals surface area contributed by atoms with Crippen molar-refractivity contribution in [3.63, 3.8) is 0 Å². The summed E-state index contributed by atoms with van der Waals surface area (Å²) in [6, 6.07) is -0.113. The standard InChI is InChI=1S/C31H51N3O8/c1-5-37-22-39-25(4)20-29(40-23-38-6-2)28-17-16-27(33-41-21-30(35)34-18-8-7-9-19-34)15-11-14-26(32)13-10-12-24(3)42-31(28)36/h10,13,20,24,26H,5-9,11-12,14-19,21-23,32H2,1-4H3. The molecule has 2 rings (SSSR count). The van der Waals surface area contributed by atoms with E-state index in [0.29, 0.717) is 49.6 Å². The van der Waals surface area contributed by atoms with Gasteiger partial charge in [0, 0.05) is 44.8 Å². The highest BCUT2D eigenvalue weighted by atomic mass is 16.7. The quantitative estimate of drug-likeness (QED) is 0.0649. The minimum atomic E-state index is -0.502. The lowest BCUT2D eigenvalue weighted by molar-refractivity contribution is -0.144. The minimum absolute atomic E-state index is 0.0449. The van der Waals surface area contributed by atoms with Crippen LogP contribution < -0.4 is 5.73 Å². The van der Waals surface area contributed by atoms with E-state index in [4.69, 9.17) is 34.3 Å². The van der Waals surface area contributed by atoms with Crippen molar-refractivity contribution in [2.75, 3.05) is 46.5 Å². The molecule has 1 fully saturated rings. The van der Waals surface area contributed by atoms with E-state index < -0.39 is 5.97 Å². The van der Waals surface area contributed by atoms with Crippen molar-refractivity contribution in [2.45, 2.75) is 97.6 Å². The van der Waals surface area contributed by atoms with Gasteiger partial charge in [-0.2, -0.15) is 0 Å². The summed E-state index contributed by atoms with van der Waals surface area (Å²) in [4.78, 5) is 33.4. The Kier molecular flexibility index (Phi) is 17.6. The molecule has 2 heterocycles. The maximum atomic E-state index is 13.5. The molecule has 0 spiro atoms. The number of hydrogen-bond acceptors (Lipinski definition) is 10. The third-order valence-electron chi connectivity index (χ3n) is 6.87. The number of likely N-dealkylation sites (tertiary alicyclic amines) is 1. The van der Waals surface area contributed by atoms with E-state index in [-0.39, 0.29) is 44.7 Å². The smallest absolute Gasteiger partial charge is 0.338 e. The Morgan fingerprint density at radius 3 is 2.50 bits per heavy atom. The third-order valence-corrected chi connectivity index (χ3v) is 6.87. The number of ether oxygens (including phenoxy) is 5. The summed E-state index contributed by atoms with van der Waals surface area (Å²) in [6.07, 6.45) is 11.7. The molecular formula is C31H51N3O8. The van der Waals surface area contributed by atoms with Crippen LogP contribution >= 0.6 is 0 Å². The molecule has 1 amide bonds. The third kappa shape index (κ3) is 14.3. The average Bonchev–Trinajstić information content (AvgIpc) is 2.97. The summed E-state index contributed by atoms with van der Waals surface area (Å²) in [5, 5.41) is 4.35. The Morgan fingerprint density at radius 2 is 1.79 bits per heavy atom. The Morgan fingerprint density at radius 1 is 1.07 bits per heavy atom. The molecule has 0 bridgehead atoms. The number of piperidine rings is 1. The molecule has 42 heavy (non-hydrogen) atoms. The largest absolute Gasteiger partial charge is 0.472 e. The van der Waals surface area contributed by atoms with Crippen molar-refractivity contribution in [3.8, 4) is 0 Å². The minimum Gasteiger partial charge on any atom is -0.472 e. The molecule has 2 unspecified atom stereocenters. The number of amides is 1. The van der Waals surface area contributed by atoms with Gasteiger partial charge >= 0.3 is 5.97 Å². The molecule has 2 aliphatic heterocycles. The van der Waals surface area contributed by atoms with Gasteiger partial charge < -0.3 is 39.2 Å². The van der Waals surface area contributed by atoms with Gasteiger partial charge in [-0.15, -0.1) is 0 Å². The molecule has 0 saturated carbocycles. The highest BCUT2D eigenvalue weighted by Gasteiger charge is 2.22. The normalized spacial score (nSPS) is 23.6. The van der Waals surface area contributed by atoms with Gasteiger partial charge in [-0.3, -0.25) is 4.79 Å². The fraction of sp³-hybridized carbons (Fsp3) is 0.710. The summed E-state index contributed by atoms with van der Waals surface area (Å²) in [7, 11) is 0. The maximum Gasteiger partial charge on any atom is 0.338 e. The van der Waals surface area contributed by atoms with Gasteiger partial charge in [-0.25, -0.2) is 4.79 Å². The summed E-state index contributed by atoms with van der Waals surface area (Å²) in [5.41, 5.74) is 7.31. The van der Waals surface area contributed by atoms with Gasteiger partial charge in [-0.1, -0.05) is 17.3 Å². The van der Waals surface area contributed by atoms with Crippen LogP contribution in [0.3, 0.4) is 0 Å². The van der Waals surface area contributed by atoms with Crippen molar-refractivity contribution in [1.29, 1.82) is 0 Å². The SMILES string of the molecule is CCOCOC(C)=CC(OCOCC)=C1CCC(=NOCC(=O)N2CCCCC2)CCCC(N)C=CCC(C)OC1=O. The first-order chi connectivity index (χ1) is 20.3. The van der Waals surface area contributed by atoms with Crippen LogP contribution in [0.2, 0.25) is 0 Å². The summed E-state index contributed by atoms with van der Waals surface area (Å²) in [6.45, 7) is 9.72. The number of carbonyl (C=O) groups excluding carboxylic acids is 2. The molecule has 0 radical (unpaired) electrons. The Balaban J connectivity index is 2.33. The zero-order chi connectivity index (χ0) is 30.6. The first-order valence-corrected chi connectivity index (χ1v) is 15.2. The number of allylic oxidation sites excluding steroid dienone is 2. The Labute approximate surface area is 251 Å². The van der Waals surface area contributed by atoms with Gasteiger partial charge in [0.2, 0.25) is 0 Å². The zero-order valence-corrected chi connectivity index (χ0v) is 25.9. The molecule has 0 aliphatic carbocycles. The highest BCUT2D eigenvalue weighted by Crippen LogP contribution is 2.22. The first kappa shape index (κ1) is 35.3. The van der Waals surface area contributed by atoms with Gasteiger partial charge in [0.05, 0.1) is 17.0 Å². The monoisotopic (exact) mass is 593 g/mol. The first-order valence-electron chi connectivity index (χ1n) is 15.2. The number of esters is 1. The number of nitrogens with zero attached hydrogens (tertiary/aromatic N) is 2. The van der Waals surface area contributed by atoms with E-state index >= 15 is 0 Å². The average molecular weight is 594 g/mol. The highest BCUT2D eigenvalue weighted by molar-refractivity contribution is 5.92. The molecule has 0 aromatic carbocycles. The van der Waals surface area contributed by atoms with Crippen molar-refractivity contribution in [2.24, 2.45) is 10.9 Å². The zero-order valence-electron chi connectivity index (χ0n) is 25.9. The summed E-state index contributed by atoms with van der Waals surface area (Å²) >= 11 is 0. The molecule has 2 atom stereocenters. The lowest BCUT2D eigenvalue weighted by atomic mass is 10.0. The van der Waals surface area contributed by atoms with Gasteiger partial charge in [0.1, 0.15) is 11.9 Å². The van der Waals surface area contributed by atoms with E-state index in [0.717, 1.165) is 50.9 Å². The Bertz CT molecular complexity index is 940. The molecule has 0 aromatic heterocycles. The van der Waals surface area contributed by atoms with Crippen molar-refractivity contribution < 1.29 is 38.1 Å². The molecule has 0 aromatic rings. The van der Waals surface area contributed by atoms with Crippen LogP contribution in [0.5, 0.6) is 0 Å². The van der Waals surface area contributed by atoms with Crippen LogP contribution in [0.1, 0.15) is 85.5 Å². The second kappa shape index (κ2) is 20.9. The van der Waals surface area contributed by atoms with E-state index in [2.05, 4.69) is 5.16 Å². The second-order valence-corrected chi connectivity index (χ2v) is 10.4. The summed E-state index contributed by atoms with van der Waals surface area (Å²) in [5.74, 6) is 0.232. The molecular weight excluding hydrogens is 542 g/mol. The van der Waals surface area contributed by atoms with Crippen LogP contribution in [0.25, 0.3) is 0 Å². The molecule has 238 valence electrons. The fourth-order valence-electron chi connectivity index (χ4n) is 4.46. The number of rotatable bonds is 12. The number of oxime groups is 1. The van der Waals surface area contributed by atoms with Crippen LogP contribution in [0.15, 0.2) is 40.5 Å². The lowest BCUT2D eigenvalue weighted by Crippen LogP contribution is -2.37. The number of cyclic esters (lactones) is 1. The number of nitrogens with two attached hydrogens (primary N) is 1. The summed E-state index contributed by atoms with van der Waals surface area (Å²) < 4.78 is 28.0. The van der Waals surface area contributed by atoms with Crippen LogP contribution in [0.4, 0.5) is 0 Å². The van der Waals surface area contributed by atoms with E-state index in [9.17, 15) is 9.59 Å². The van der Waals surface area contributed by atoms with Gasteiger partial charge in [-0.05, 0) is 79.1 Å². The molecule has 1 saturated heterocycles. The van der Waals surface area contributed by atoms with Gasteiger partial charge in [0.25, 0.3) is 5.91 Å². The van der Waals surface area contributed by atoms with E-state index in [1.165, 1.54) is 0 Å². The van der Waals surface area contributed by atoms with Crippen molar-refractivity contribution in [3.05, 3.63) is 35.3 Å². The Hall–Kier alpha value is -2.89. The molecule has 11 nitrogen and oxygen atoms in total. The molecule has 11 heteroatoms. The van der Waals surface area contributed by atoms with Crippen molar-refractivity contribution >= 4 is 17.6 Å². The molecule has 2 N–H and O–H groups in total. The topological polar surface area (TPSA) is 131 Å². The second-order valence-electron chi connectivity index (χ2n) is 10.4. The lowest BCUT2D eigenvalue weighted by Gasteiger charge is -2.26. The predicted molar refractivity (Wildman–Crippen MR) is 160 cm³/mol. The van der Waals surface area contributed by atoms with E-state index in [1.807, 2.05) is 37.8 Å². The van der Waals surface area contributed by atoms with Crippen LogP contribution in [0, 0.1) is 0 Å².